The van der Waals surface area contributed by atoms with E-state index < -0.39 is 6.29 Å². The third-order valence-electron chi connectivity index (χ3n) is 1.51. The van der Waals surface area contributed by atoms with Crippen LogP contribution in [0.15, 0.2) is 12.3 Å². The number of methoxy groups -OCH3 is 2. The van der Waals surface area contributed by atoms with E-state index in [4.69, 9.17) is 32.7 Å². The monoisotopic (exact) mass is 221 g/mol. The molecule has 0 bridgehead atoms. The van der Waals surface area contributed by atoms with E-state index in [1.165, 1.54) is 20.4 Å². The lowest BCUT2D eigenvalue weighted by molar-refractivity contribution is -0.106. The lowest BCUT2D eigenvalue weighted by Crippen LogP contribution is -2.05. The van der Waals surface area contributed by atoms with Crippen LogP contribution in [0.1, 0.15) is 11.9 Å². The normalized spacial score (nSPS) is 10.8. The average molecular weight is 222 g/mol. The standard InChI is InChI=1S/C8H9Cl2NO2/c1-12-8(13-2)6-3-5(9)4-11-7(6)10/h3-4,8H,1-2H3. The fourth-order valence-corrected chi connectivity index (χ4v) is 1.31. The topological polar surface area (TPSA) is 31.4 Å². The Balaban J connectivity index is 3.03. The first-order valence-electron chi connectivity index (χ1n) is 3.55. The zero-order chi connectivity index (χ0) is 9.84. The molecule has 0 atom stereocenters. The molecule has 0 amide bonds. The van der Waals surface area contributed by atoms with Crippen LogP contribution in [0.5, 0.6) is 0 Å². The summed E-state index contributed by atoms with van der Waals surface area (Å²) in [5.74, 6) is 0. The molecule has 0 aliphatic carbocycles. The summed E-state index contributed by atoms with van der Waals surface area (Å²) in [6, 6.07) is 1.66. The van der Waals surface area contributed by atoms with Crippen LogP contribution in [-0.4, -0.2) is 19.2 Å². The zero-order valence-electron chi connectivity index (χ0n) is 7.25. The average Bonchev–Trinajstić information content (AvgIpc) is 2.13. The molecule has 1 rings (SSSR count). The maximum Gasteiger partial charge on any atom is 0.186 e. The number of ether oxygens (including phenoxy) is 2. The highest BCUT2D eigenvalue weighted by molar-refractivity contribution is 6.32. The summed E-state index contributed by atoms with van der Waals surface area (Å²) in [6.07, 6.45) is 0.939. The van der Waals surface area contributed by atoms with Crippen LogP contribution in [0.25, 0.3) is 0 Å². The van der Waals surface area contributed by atoms with Crippen LogP contribution in [0.3, 0.4) is 0 Å². The molecule has 0 spiro atoms. The van der Waals surface area contributed by atoms with Crippen LogP contribution in [0.2, 0.25) is 10.2 Å². The molecule has 0 fully saturated rings. The molecule has 0 radical (unpaired) electrons. The van der Waals surface area contributed by atoms with E-state index in [1.54, 1.807) is 6.07 Å². The van der Waals surface area contributed by atoms with Crippen molar-refractivity contribution >= 4 is 23.2 Å². The Morgan fingerprint density at radius 3 is 2.46 bits per heavy atom. The Labute approximate surface area is 86.6 Å². The molecular formula is C8H9Cl2NO2. The molecule has 3 nitrogen and oxygen atoms in total. The van der Waals surface area contributed by atoms with Gasteiger partial charge in [-0.1, -0.05) is 23.2 Å². The van der Waals surface area contributed by atoms with Crippen molar-refractivity contribution in [1.82, 2.24) is 4.98 Å². The Morgan fingerprint density at radius 1 is 1.31 bits per heavy atom. The summed E-state index contributed by atoms with van der Waals surface area (Å²) >= 11 is 11.6. The second-order valence-electron chi connectivity index (χ2n) is 2.34. The van der Waals surface area contributed by atoms with E-state index in [-0.39, 0.29) is 0 Å². The highest BCUT2D eigenvalue weighted by Crippen LogP contribution is 2.26. The second kappa shape index (κ2) is 4.77. The van der Waals surface area contributed by atoms with Gasteiger partial charge in [-0.15, -0.1) is 0 Å². The van der Waals surface area contributed by atoms with Gasteiger partial charge in [-0.2, -0.15) is 0 Å². The maximum absolute atomic E-state index is 5.82. The maximum atomic E-state index is 5.82. The fraction of sp³-hybridized carbons (Fsp3) is 0.375. The van der Waals surface area contributed by atoms with Gasteiger partial charge in [-0.25, -0.2) is 4.98 Å². The summed E-state index contributed by atoms with van der Waals surface area (Å²) in [6.45, 7) is 0. The Morgan fingerprint density at radius 2 is 1.92 bits per heavy atom. The number of halogens is 2. The molecule has 1 aromatic rings. The highest BCUT2D eigenvalue weighted by atomic mass is 35.5. The summed E-state index contributed by atoms with van der Waals surface area (Å²) in [5.41, 5.74) is 0.624. The molecule has 0 N–H and O–H groups in total. The quantitative estimate of drug-likeness (QED) is 0.581. The van der Waals surface area contributed by atoms with Crippen molar-refractivity contribution in [2.75, 3.05) is 14.2 Å². The van der Waals surface area contributed by atoms with Gasteiger partial charge in [0, 0.05) is 26.0 Å². The van der Waals surface area contributed by atoms with Gasteiger partial charge in [-0.05, 0) is 6.07 Å². The lowest BCUT2D eigenvalue weighted by Gasteiger charge is -2.14. The molecule has 5 heteroatoms. The number of rotatable bonds is 3. The van der Waals surface area contributed by atoms with E-state index >= 15 is 0 Å². The molecule has 13 heavy (non-hydrogen) atoms. The van der Waals surface area contributed by atoms with Gasteiger partial charge >= 0.3 is 0 Å². The first kappa shape index (κ1) is 10.7. The number of hydrogen-bond donors (Lipinski definition) is 0. The van der Waals surface area contributed by atoms with E-state index in [0.29, 0.717) is 15.7 Å². The van der Waals surface area contributed by atoms with Crippen molar-refractivity contribution in [3.8, 4) is 0 Å². The number of aromatic nitrogens is 1. The Kier molecular flexibility index (Phi) is 3.93. The highest BCUT2D eigenvalue weighted by Gasteiger charge is 2.14. The molecular weight excluding hydrogens is 213 g/mol. The largest absolute Gasteiger partial charge is 0.352 e. The molecule has 0 aliphatic rings. The predicted molar refractivity (Wildman–Crippen MR) is 51.0 cm³/mol. The molecule has 0 unspecified atom stereocenters. The minimum atomic E-state index is -0.529. The minimum Gasteiger partial charge on any atom is -0.352 e. The summed E-state index contributed by atoms with van der Waals surface area (Å²) in [7, 11) is 3.04. The minimum absolute atomic E-state index is 0.332. The molecule has 1 aromatic heterocycles. The number of nitrogens with zero attached hydrogens (tertiary/aromatic N) is 1. The van der Waals surface area contributed by atoms with Crippen molar-refractivity contribution in [2.45, 2.75) is 6.29 Å². The summed E-state index contributed by atoms with van der Waals surface area (Å²) < 4.78 is 10.0. The van der Waals surface area contributed by atoms with E-state index in [2.05, 4.69) is 4.98 Å². The van der Waals surface area contributed by atoms with E-state index in [9.17, 15) is 0 Å². The van der Waals surface area contributed by atoms with E-state index in [0.717, 1.165) is 0 Å². The van der Waals surface area contributed by atoms with Crippen molar-refractivity contribution in [3.05, 3.63) is 28.0 Å². The molecule has 0 aliphatic heterocycles. The second-order valence-corrected chi connectivity index (χ2v) is 3.13. The Bertz CT molecular complexity index is 289. The van der Waals surface area contributed by atoms with Crippen molar-refractivity contribution < 1.29 is 9.47 Å². The lowest BCUT2D eigenvalue weighted by atomic mass is 10.3. The van der Waals surface area contributed by atoms with Gasteiger partial charge in [0.1, 0.15) is 5.15 Å². The van der Waals surface area contributed by atoms with Crippen LogP contribution in [-0.2, 0) is 9.47 Å². The predicted octanol–water partition coefficient (Wildman–Crippen LogP) is 2.68. The fourth-order valence-electron chi connectivity index (χ4n) is 0.954. The van der Waals surface area contributed by atoms with Gasteiger partial charge in [0.25, 0.3) is 0 Å². The van der Waals surface area contributed by atoms with Crippen LogP contribution in [0.4, 0.5) is 0 Å². The first-order valence-corrected chi connectivity index (χ1v) is 4.31. The number of hydrogen-bond acceptors (Lipinski definition) is 3. The van der Waals surface area contributed by atoms with Gasteiger partial charge in [-0.3, -0.25) is 0 Å². The van der Waals surface area contributed by atoms with Crippen LogP contribution >= 0.6 is 23.2 Å². The molecule has 0 aromatic carbocycles. The zero-order valence-corrected chi connectivity index (χ0v) is 8.76. The SMILES string of the molecule is COC(OC)c1cc(Cl)cnc1Cl. The first-order chi connectivity index (χ1) is 6.19. The summed E-state index contributed by atoms with van der Waals surface area (Å²) in [5, 5.41) is 0.830. The van der Waals surface area contributed by atoms with Crippen molar-refractivity contribution in [1.29, 1.82) is 0 Å². The summed E-state index contributed by atoms with van der Waals surface area (Å²) in [4.78, 5) is 3.87. The molecule has 0 saturated carbocycles. The van der Waals surface area contributed by atoms with Crippen molar-refractivity contribution in [2.24, 2.45) is 0 Å². The van der Waals surface area contributed by atoms with Crippen molar-refractivity contribution in [3.63, 3.8) is 0 Å². The van der Waals surface area contributed by atoms with Gasteiger partial charge in [0.2, 0.25) is 0 Å². The van der Waals surface area contributed by atoms with Crippen LogP contribution in [0, 0.1) is 0 Å². The van der Waals surface area contributed by atoms with Gasteiger partial charge in [0.05, 0.1) is 5.02 Å². The molecule has 1 heterocycles. The third-order valence-corrected chi connectivity index (χ3v) is 2.04. The van der Waals surface area contributed by atoms with E-state index in [1.807, 2.05) is 0 Å². The Hall–Kier alpha value is -0.350. The molecule has 0 saturated heterocycles. The van der Waals surface area contributed by atoms with Crippen LogP contribution < -0.4 is 0 Å². The molecule has 72 valence electrons. The third kappa shape index (κ3) is 2.54. The smallest absolute Gasteiger partial charge is 0.186 e. The van der Waals surface area contributed by atoms with Gasteiger partial charge in [0.15, 0.2) is 6.29 Å². The number of pyridine rings is 1. The van der Waals surface area contributed by atoms with Gasteiger partial charge < -0.3 is 9.47 Å².